The summed E-state index contributed by atoms with van der Waals surface area (Å²) >= 11 is 0. The molecule has 0 aliphatic rings. The summed E-state index contributed by atoms with van der Waals surface area (Å²) in [6.45, 7) is 1.22. The van der Waals surface area contributed by atoms with Crippen LogP contribution in [-0.4, -0.2) is 75.1 Å². The number of carbonyl (C=O) groups is 6. The van der Waals surface area contributed by atoms with Gasteiger partial charge in [0.1, 0.15) is 23.9 Å². The molecule has 0 heterocycles. The monoisotopic (exact) mass is 495 g/mol. The highest BCUT2D eigenvalue weighted by atomic mass is 16.4. The number of amides is 4. The topological polar surface area (TPSA) is 251 Å². The molecule has 4 unspecified atom stereocenters. The Morgan fingerprint density at radius 2 is 1.43 bits per heavy atom. The molecule has 0 radical (unpaired) electrons. The number of carbonyl (C=O) groups excluding carboxylic acids is 4. The first-order chi connectivity index (χ1) is 16.3. The Morgan fingerprint density at radius 1 is 0.886 bits per heavy atom. The molecule has 0 fully saturated rings. The van der Waals surface area contributed by atoms with Gasteiger partial charge in [-0.2, -0.15) is 0 Å². The number of rotatable bonds is 14. The maximum Gasteiger partial charge on any atom is 0.325 e. The Morgan fingerprint density at radius 3 is 1.94 bits per heavy atom. The summed E-state index contributed by atoms with van der Waals surface area (Å²) in [5.74, 6) is -6.20. The summed E-state index contributed by atoms with van der Waals surface area (Å²) in [5, 5.41) is 34.2. The molecule has 0 aromatic heterocycles. The van der Waals surface area contributed by atoms with Gasteiger partial charge in [-0.3, -0.25) is 28.8 Å². The van der Waals surface area contributed by atoms with Crippen molar-refractivity contribution in [1.29, 1.82) is 0 Å². The van der Waals surface area contributed by atoms with E-state index < -0.39 is 66.2 Å². The SMILES string of the molecule is CC(NC(=O)C(Cc1ccc(O)cc1)NC(=O)C(CCC(N)=O)NC(=O)C(N)CC(=O)O)C(=O)O. The number of aliphatic carboxylic acids is 2. The van der Waals surface area contributed by atoms with Crippen LogP contribution in [0.5, 0.6) is 5.75 Å². The maximum atomic E-state index is 12.9. The molecule has 35 heavy (non-hydrogen) atoms. The number of carboxylic acids is 2. The lowest BCUT2D eigenvalue weighted by Crippen LogP contribution is -2.57. The second-order valence-electron chi connectivity index (χ2n) is 7.77. The van der Waals surface area contributed by atoms with Crippen molar-refractivity contribution >= 4 is 35.6 Å². The van der Waals surface area contributed by atoms with Crippen molar-refractivity contribution in [3.8, 4) is 5.75 Å². The smallest absolute Gasteiger partial charge is 0.325 e. The third kappa shape index (κ3) is 10.5. The zero-order valence-corrected chi connectivity index (χ0v) is 18.9. The Hall–Kier alpha value is -4.20. The second kappa shape index (κ2) is 13.5. The van der Waals surface area contributed by atoms with Crippen LogP contribution in [0.4, 0.5) is 0 Å². The van der Waals surface area contributed by atoms with Crippen molar-refractivity contribution in [3.05, 3.63) is 29.8 Å². The third-order valence-corrected chi connectivity index (χ3v) is 4.78. The lowest BCUT2D eigenvalue weighted by molar-refractivity contribution is -0.141. The number of nitrogens with one attached hydrogen (secondary N) is 3. The Labute approximate surface area is 200 Å². The lowest BCUT2D eigenvalue weighted by Gasteiger charge is -2.24. The lowest BCUT2D eigenvalue weighted by atomic mass is 10.0. The van der Waals surface area contributed by atoms with Gasteiger partial charge in [-0.1, -0.05) is 12.1 Å². The minimum Gasteiger partial charge on any atom is -0.508 e. The molecule has 14 heteroatoms. The minimum absolute atomic E-state index is 0.0368. The fourth-order valence-corrected chi connectivity index (χ4v) is 2.84. The first kappa shape index (κ1) is 28.8. The molecule has 14 nitrogen and oxygen atoms in total. The molecule has 0 saturated carbocycles. The molecule has 4 atom stereocenters. The number of primary amides is 1. The number of benzene rings is 1. The Kier molecular flexibility index (Phi) is 11.1. The molecular formula is C21H29N5O9. The molecule has 0 aliphatic heterocycles. The third-order valence-electron chi connectivity index (χ3n) is 4.78. The fraction of sp³-hybridized carbons (Fsp3) is 0.429. The van der Waals surface area contributed by atoms with E-state index in [4.69, 9.17) is 21.7 Å². The molecule has 1 aromatic rings. The van der Waals surface area contributed by atoms with Crippen LogP contribution < -0.4 is 27.4 Å². The van der Waals surface area contributed by atoms with Gasteiger partial charge in [0, 0.05) is 12.8 Å². The van der Waals surface area contributed by atoms with E-state index in [1.165, 1.54) is 31.2 Å². The molecular weight excluding hydrogens is 466 g/mol. The summed E-state index contributed by atoms with van der Waals surface area (Å²) in [5.41, 5.74) is 11.1. The highest BCUT2D eigenvalue weighted by molar-refractivity contribution is 5.95. The Bertz CT molecular complexity index is 951. The van der Waals surface area contributed by atoms with E-state index in [0.29, 0.717) is 5.56 Å². The maximum absolute atomic E-state index is 12.9. The fourth-order valence-electron chi connectivity index (χ4n) is 2.84. The van der Waals surface area contributed by atoms with Gasteiger partial charge in [-0.05, 0) is 31.0 Å². The van der Waals surface area contributed by atoms with Crippen molar-refractivity contribution in [2.75, 3.05) is 0 Å². The highest BCUT2D eigenvalue weighted by Gasteiger charge is 2.30. The molecule has 0 bridgehead atoms. The molecule has 1 aromatic carbocycles. The van der Waals surface area contributed by atoms with E-state index in [0.717, 1.165) is 0 Å². The summed E-state index contributed by atoms with van der Waals surface area (Å²) in [6.07, 6.45) is -1.42. The average molecular weight is 495 g/mol. The van der Waals surface area contributed by atoms with Crippen molar-refractivity contribution in [3.63, 3.8) is 0 Å². The largest absolute Gasteiger partial charge is 0.508 e. The molecule has 0 saturated heterocycles. The van der Waals surface area contributed by atoms with Crippen LogP contribution >= 0.6 is 0 Å². The zero-order valence-electron chi connectivity index (χ0n) is 18.9. The summed E-state index contributed by atoms with van der Waals surface area (Å²) in [6, 6.07) is 0.206. The zero-order chi connectivity index (χ0) is 26.7. The van der Waals surface area contributed by atoms with Gasteiger partial charge >= 0.3 is 11.9 Å². The molecule has 0 aliphatic carbocycles. The number of hydrogen-bond donors (Lipinski definition) is 8. The van der Waals surface area contributed by atoms with E-state index in [9.17, 15) is 33.9 Å². The highest BCUT2D eigenvalue weighted by Crippen LogP contribution is 2.12. The molecule has 192 valence electrons. The van der Waals surface area contributed by atoms with E-state index in [1.54, 1.807) is 0 Å². The molecule has 4 amide bonds. The van der Waals surface area contributed by atoms with Crippen LogP contribution in [0.15, 0.2) is 24.3 Å². The van der Waals surface area contributed by atoms with Crippen molar-refractivity contribution in [1.82, 2.24) is 16.0 Å². The number of hydrogen-bond acceptors (Lipinski definition) is 8. The van der Waals surface area contributed by atoms with Gasteiger partial charge in [-0.15, -0.1) is 0 Å². The van der Waals surface area contributed by atoms with Crippen molar-refractivity contribution in [2.24, 2.45) is 11.5 Å². The van der Waals surface area contributed by atoms with Crippen LogP contribution in [-0.2, 0) is 35.2 Å². The Balaban J connectivity index is 3.10. The number of carboxylic acid groups (broad SMARTS) is 2. The van der Waals surface area contributed by atoms with Gasteiger partial charge in [0.2, 0.25) is 23.6 Å². The number of phenols is 1. The summed E-state index contributed by atoms with van der Waals surface area (Å²) < 4.78 is 0. The van der Waals surface area contributed by atoms with Gasteiger partial charge in [0.25, 0.3) is 0 Å². The van der Waals surface area contributed by atoms with Crippen molar-refractivity contribution in [2.45, 2.75) is 56.8 Å². The van der Waals surface area contributed by atoms with Crippen LogP contribution in [0.2, 0.25) is 0 Å². The minimum atomic E-state index is -1.48. The average Bonchev–Trinajstić information content (AvgIpc) is 2.76. The van der Waals surface area contributed by atoms with E-state index in [2.05, 4.69) is 16.0 Å². The number of nitrogens with two attached hydrogens (primary N) is 2. The van der Waals surface area contributed by atoms with Crippen LogP contribution in [0.3, 0.4) is 0 Å². The van der Waals surface area contributed by atoms with Gasteiger partial charge < -0.3 is 42.7 Å². The quantitative estimate of drug-likeness (QED) is 0.135. The predicted molar refractivity (Wildman–Crippen MR) is 120 cm³/mol. The van der Waals surface area contributed by atoms with Crippen LogP contribution in [0.25, 0.3) is 0 Å². The first-order valence-electron chi connectivity index (χ1n) is 10.5. The van der Waals surface area contributed by atoms with E-state index in [-0.39, 0.29) is 25.0 Å². The van der Waals surface area contributed by atoms with E-state index >= 15 is 0 Å². The summed E-state index contributed by atoms with van der Waals surface area (Å²) in [4.78, 5) is 71.0. The summed E-state index contributed by atoms with van der Waals surface area (Å²) in [7, 11) is 0. The van der Waals surface area contributed by atoms with E-state index in [1.807, 2.05) is 0 Å². The van der Waals surface area contributed by atoms with Crippen LogP contribution in [0, 0.1) is 0 Å². The van der Waals surface area contributed by atoms with Gasteiger partial charge in [0.05, 0.1) is 12.5 Å². The standard InChI is InChI=1S/C21H29N5O9/c1-10(21(34)35)24-20(33)15(8-11-2-4-12(27)5-3-11)26-19(32)14(6-7-16(23)28)25-18(31)13(22)9-17(29)30/h2-5,10,13-15,27H,6-9,22H2,1H3,(H2,23,28)(H,24,33)(H,25,31)(H,26,32)(H,29,30)(H,34,35). The predicted octanol–water partition coefficient (Wildman–Crippen LogP) is -2.44. The van der Waals surface area contributed by atoms with Crippen LogP contribution in [0.1, 0.15) is 31.7 Å². The van der Waals surface area contributed by atoms with Gasteiger partial charge in [0.15, 0.2) is 0 Å². The molecule has 0 spiro atoms. The number of aromatic hydroxyl groups is 1. The van der Waals surface area contributed by atoms with Gasteiger partial charge in [-0.25, -0.2) is 0 Å². The number of phenolic OH excluding ortho intramolecular Hbond substituents is 1. The normalized spacial score (nSPS) is 14.0. The molecule has 10 N–H and O–H groups in total. The molecule has 1 rings (SSSR count). The van der Waals surface area contributed by atoms with Crippen molar-refractivity contribution < 1.29 is 44.1 Å². The second-order valence-corrected chi connectivity index (χ2v) is 7.77. The first-order valence-corrected chi connectivity index (χ1v) is 10.5.